The molecule has 4 heteroatoms. The van der Waals surface area contributed by atoms with Gasteiger partial charge in [-0.3, -0.25) is 0 Å². The average Bonchev–Trinajstić information content (AvgIpc) is 2.22. The van der Waals surface area contributed by atoms with Gasteiger partial charge in [0, 0.05) is 0 Å². The molecule has 0 aliphatic heterocycles. The Morgan fingerprint density at radius 3 is 2.80 bits per heavy atom. The van der Waals surface area contributed by atoms with Crippen molar-refractivity contribution in [3.63, 3.8) is 0 Å². The van der Waals surface area contributed by atoms with Gasteiger partial charge in [0.15, 0.2) is 11.6 Å². The fraction of sp³-hybridized carbons (Fsp3) is 0.364. The van der Waals surface area contributed by atoms with E-state index in [2.05, 4.69) is 0 Å². The van der Waals surface area contributed by atoms with Crippen molar-refractivity contribution < 1.29 is 9.13 Å². The van der Waals surface area contributed by atoms with Crippen molar-refractivity contribution in [2.24, 2.45) is 0 Å². The smallest absolute Gasteiger partial charge is 0.168 e. The van der Waals surface area contributed by atoms with Gasteiger partial charge in [0.05, 0.1) is 21.8 Å². The molecule has 0 saturated carbocycles. The van der Waals surface area contributed by atoms with Crippen LogP contribution >= 0.6 is 22.6 Å². The van der Waals surface area contributed by atoms with Crippen LogP contribution in [0.1, 0.15) is 25.3 Å². The summed E-state index contributed by atoms with van der Waals surface area (Å²) in [4.78, 5) is 0. The maximum absolute atomic E-state index is 13.4. The molecular weight excluding hydrogens is 308 g/mol. The molecule has 0 N–H and O–H groups in total. The molecule has 0 unspecified atom stereocenters. The molecule has 0 spiro atoms. The molecule has 0 radical (unpaired) electrons. The van der Waals surface area contributed by atoms with E-state index in [1.807, 2.05) is 35.6 Å². The molecule has 0 aromatic heterocycles. The van der Waals surface area contributed by atoms with Gasteiger partial charge in [0.25, 0.3) is 0 Å². The van der Waals surface area contributed by atoms with Gasteiger partial charge < -0.3 is 4.74 Å². The number of halogens is 2. The lowest BCUT2D eigenvalue weighted by molar-refractivity contribution is 0.292. The highest BCUT2D eigenvalue weighted by Gasteiger charge is 2.10. The average molecular weight is 319 g/mol. The third-order valence-electron chi connectivity index (χ3n) is 1.87. The van der Waals surface area contributed by atoms with E-state index in [0.29, 0.717) is 15.7 Å². The first kappa shape index (κ1) is 12.2. The lowest BCUT2D eigenvalue weighted by Gasteiger charge is -2.08. The molecule has 1 rings (SSSR count). The van der Waals surface area contributed by atoms with Crippen LogP contribution in [0.2, 0.25) is 0 Å². The van der Waals surface area contributed by atoms with E-state index in [1.165, 1.54) is 6.07 Å². The van der Waals surface area contributed by atoms with E-state index in [9.17, 15) is 4.39 Å². The SMILES string of the molecule is CCCCOc1c(F)cc(C#N)cc1I. The minimum atomic E-state index is -0.463. The van der Waals surface area contributed by atoms with Gasteiger partial charge in [0.1, 0.15) is 0 Å². The van der Waals surface area contributed by atoms with Crippen molar-refractivity contribution in [2.75, 3.05) is 6.61 Å². The number of nitrogens with zero attached hydrogens (tertiary/aromatic N) is 1. The summed E-state index contributed by atoms with van der Waals surface area (Å²) in [7, 11) is 0. The third kappa shape index (κ3) is 3.34. The molecule has 0 aliphatic carbocycles. The van der Waals surface area contributed by atoms with Gasteiger partial charge >= 0.3 is 0 Å². The second kappa shape index (κ2) is 5.91. The highest BCUT2D eigenvalue weighted by Crippen LogP contribution is 2.26. The summed E-state index contributed by atoms with van der Waals surface area (Å²) in [5.41, 5.74) is 0.319. The predicted molar refractivity (Wildman–Crippen MR) is 64.2 cm³/mol. The van der Waals surface area contributed by atoms with Crippen LogP contribution in [-0.2, 0) is 0 Å². The first-order chi connectivity index (χ1) is 7.19. The van der Waals surface area contributed by atoms with E-state index in [-0.39, 0.29) is 5.75 Å². The van der Waals surface area contributed by atoms with Crippen molar-refractivity contribution in [1.82, 2.24) is 0 Å². The zero-order chi connectivity index (χ0) is 11.3. The Kier molecular flexibility index (Phi) is 4.82. The highest BCUT2D eigenvalue weighted by molar-refractivity contribution is 14.1. The number of rotatable bonds is 4. The molecule has 1 aromatic carbocycles. The quantitative estimate of drug-likeness (QED) is 0.629. The van der Waals surface area contributed by atoms with Gasteiger partial charge in [-0.25, -0.2) is 4.39 Å². The van der Waals surface area contributed by atoms with E-state index in [1.54, 1.807) is 6.07 Å². The Bertz CT molecular complexity index is 364. The first-order valence-corrected chi connectivity index (χ1v) is 5.78. The number of nitriles is 1. The highest BCUT2D eigenvalue weighted by atomic mass is 127. The Labute approximate surface area is 102 Å². The lowest BCUT2D eigenvalue weighted by Crippen LogP contribution is -2.01. The summed E-state index contributed by atoms with van der Waals surface area (Å²) in [5, 5.41) is 8.63. The van der Waals surface area contributed by atoms with Crippen LogP contribution in [0.15, 0.2) is 12.1 Å². The molecule has 0 heterocycles. The summed E-state index contributed by atoms with van der Waals surface area (Å²) in [6.07, 6.45) is 1.91. The van der Waals surface area contributed by atoms with Gasteiger partial charge in [-0.15, -0.1) is 0 Å². The molecule has 0 saturated heterocycles. The molecule has 0 aliphatic rings. The monoisotopic (exact) mass is 319 g/mol. The second-order valence-corrected chi connectivity index (χ2v) is 4.25. The van der Waals surface area contributed by atoms with E-state index >= 15 is 0 Å². The molecule has 0 amide bonds. The zero-order valence-corrected chi connectivity index (χ0v) is 10.5. The van der Waals surface area contributed by atoms with Crippen molar-refractivity contribution in [2.45, 2.75) is 19.8 Å². The molecular formula is C11H11FINO. The number of hydrogen-bond acceptors (Lipinski definition) is 2. The molecule has 15 heavy (non-hydrogen) atoms. The van der Waals surface area contributed by atoms with Crippen LogP contribution in [-0.4, -0.2) is 6.61 Å². The Morgan fingerprint density at radius 1 is 1.53 bits per heavy atom. The summed E-state index contributed by atoms with van der Waals surface area (Å²) < 4.78 is 19.4. The first-order valence-electron chi connectivity index (χ1n) is 4.71. The molecule has 2 nitrogen and oxygen atoms in total. The molecule has 0 atom stereocenters. The topological polar surface area (TPSA) is 33.0 Å². The fourth-order valence-corrected chi connectivity index (χ4v) is 1.83. The van der Waals surface area contributed by atoms with Gasteiger partial charge in [0.2, 0.25) is 0 Å². The Morgan fingerprint density at radius 2 is 2.27 bits per heavy atom. The Balaban J connectivity index is 2.85. The summed E-state index contributed by atoms with van der Waals surface area (Å²) in [6, 6.07) is 4.72. The number of ether oxygens (including phenoxy) is 1. The van der Waals surface area contributed by atoms with E-state index in [0.717, 1.165) is 12.8 Å². The van der Waals surface area contributed by atoms with Crippen molar-refractivity contribution in [1.29, 1.82) is 5.26 Å². The van der Waals surface area contributed by atoms with Crippen LogP contribution in [0.3, 0.4) is 0 Å². The predicted octanol–water partition coefficient (Wildman–Crippen LogP) is 3.48. The van der Waals surface area contributed by atoms with Crippen LogP contribution in [0, 0.1) is 20.7 Å². The largest absolute Gasteiger partial charge is 0.489 e. The van der Waals surface area contributed by atoms with Gasteiger partial charge in [-0.1, -0.05) is 13.3 Å². The maximum atomic E-state index is 13.4. The molecule has 0 bridgehead atoms. The lowest BCUT2D eigenvalue weighted by atomic mass is 10.2. The normalized spacial score (nSPS) is 9.73. The molecule has 0 fully saturated rings. The standard InChI is InChI=1S/C11H11FINO/c1-2-3-4-15-11-9(12)5-8(7-14)6-10(11)13/h5-6H,2-4H2,1H3. The molecule has 80 valence electrons. The minimum Gasteiger partial charge on any atom is -0.489 e. The molecule has 1 aromatic rings. The fourth-order valence-electron chi connectivity index (χ4n) is 1.08. The van der Waals surface area contributed by atoms with Crippen LogP contribution < -0.4 is 4.74 Å². The van der Waals surface area contributed by atoms with Crippen molar-refractivity contribution in [3.8, 4) is 11.8 Å². The van der Waals surface area contributed by atoms with E-state index in [4.69, 9.17) is 10.00 Å². The minimum absolute atomic E-state index is 0.253. The maximum Gasteiger partial charge on any atom is 0.168 e. The summed E-state index contributed by atoms with van der Waals surface area (Å²) in [6.45, 7) is 2.55. The van der Waals surface area contributed by atoms with Gasteiger partial charge in [-0.05, 0) is 41.1 Å². The van der Waals surface area contributed by atoms with Crippen LogP contribution in [0.25, 0.3) is 0 Å². The van der Waals surface area contributed by atoms with Crippen molar-refractivity contribution in [3.05, 3.63) is 27.1 Å². The Hall–Kier alpha value is -0.830. The zero-order valence-electron chi connectivity index (χ0n) is 8.39. The summed E-state index contributed by atoms with van der Waals surface area (Å²) in [5.74, 6) is -0.211. The second-order valence-electron chi connectivity index (χ2n) is 3.08. The third-order valence-corrected chi connectivity index (χ3v) is 2.67. The van der Waals surface area contributed by atoms with Crippen LogP contribution in [0.4, 0.5) is 4.39 Å². The van der Waals surface area contributed by atoms with Crippen LogP contribution in [0.5, 0.6) is 5.75 Å². The van der Waals surface area contributed by atoms with E-state index < -0.39 is 5.82 Å². The van der Waals surface area contributed by atoms with Crippen molar-refractivity contribution >= 4 is 22.6 Å². The van der Waals surface area contributed by atoms with Gasteiger partial charge in [-0.2, -0.15) is 5.26 Å². The number of hydrogen-bond donors (Lipinski definition) is 0. The summed E-state index contributed by atoms with van der Waals surface area (Å²) >= 11 is 1.97. The number of benzene rings is 1. The number of unbranched alkanes of at least 4 members (excludes halogenated alkanes) is 1.